The van der Waals surface area contributed by atoms with Gasteiger partial charge in [-0.05, 0) is 35.9 Å². The number of halogens is 1. The second-order valence-electron chi connectivity index (χ2n) is 5.62. The van der Waals surface area contributed by atoms with E-state index in [9.17, 15) is 17.6 Å². The number of sulfonamides is 1. The lowest BCUT2D eigenvalue weighted by atomic mass is 10.1. The van der Waals surface area contributed by atoms with E-state index in [4.69, 9.17) is 9.47 Å². The maximum atomic E-state index is 13.7. The molecule has 0 atom stereocenters. The number of anilines is 1. The minimum atomic E-state index is -3.95. The summed E-state index contributed by atoms with van der Waals surface area (Å²) in [6.45, 7) is 0.851. The molecule has 0 spiro atoms. The fraction of sp³-hybridized carbons (Fsp3) is 0.278. The molecule has 0 aromatic heterocycles. The molecular weight excluding hydrogens is 375 g/mol. The average molecular weight is 396 g/mol. The number of nitrogens with one attached hydrogen (secondary N) is 2. The van der Waals surface area contributed by atoms with E-state index in [2.05, 4.69) is 10.0 Å². The number of hydrogen-bond acceptors (Lipinski definition) is 5. The summed E-state index contributed by atoms with van der Waals surface area (Å²) in [6, 6.07) is 9.74. The van der Waals surface area contributed by atoms with E-state index < -0.39 is 15.8 Å². The molecule has 0 radical (unpaired) electrons. The van der Waals surface area contributed by atoms with Crippen molar-refractivity contribution in [3.8, 4) is 5.75 Å². The molecule has 2 aromatic carbocycles. The lowest BCUT2D eigenvalue weighted by Crippen LogP contribution is -2.28. The van der Waals surface area contributed by atoms with Gasteiger partial charge in [0.05, 0.1) is 25.0 Å². The van der Waals surface area contributed by atoms with Crippen molar-refractivity contribution in [3.63, 3.8) is 0 Å². The van der Waals surface area contributed by atoms with Gasteiger partial charge in [-0.3, -0.25) is 9.52 Å². The Kier molecular flexibility index (Phi) is 7.14. The van der Waals surface area contributed by atoms with E-state index in [0.717, 1.165) is 11.6 Å². The largest absolute Gasteiger partial charge is 0.494 e. The molecule has 2 N–H and O–H groups in total. The van der Waals surface area contributed by atoms with Crippen LogP contribution in [0.1, 0.15) is 5.56 Å². The molecule has 0 aliphatic heterocycles. The Morgan fingerprint density at radius 1 is 1.11 bits per heavy atom. The summed E-state index contributed by atoms with van der Waals surface area (Å²) in [5.74, 6) is -0.966. The van der Waals surface area contributed by atoms with Crippen LogP contribution in [0.15, 0.2) is 47.4 Å². The zero-order valence-electron chi connectivity index (χ0n) is 15.0. The third-order valence-corrected chi connectivity index (χ3v) is 5.01. The first-order valence-corrected chi connectivity index (χ1v) is 9.55. The van der Waals surface area contributed by atoms with Crippen molar-refractivity contribution in [1.29, 1.82) is 0 Å². The summed E-state index contributed by atoms with van der Waals surface area (Å²) in [4.78, 5) is 11.5. The second kappa shape index (κ2) is 9.33. The lowest BCUT2D eigenvalue weighted by Gasteiger charge is -2.10. The first kappa shape index (κ1) is 20.7. The monoisotopic (exact) mass is 396 g/mol. The topological polar surface area (TPSA) is 93.7 Å². The molecule has 0 bridgehead atoms. The summed E-state index contributed by atoms with van der Waals surface area (Å²) in [6.07, 6.45) is 0.167. The Morgan fingerprint density at radius 3 is 2.41 bits per heavy atom. The maximum Gasteiger partial charge on any atom is 0.262 e. The molecule has 2 rings (SSSR count). The van der Waals surface area contributed by atoms with Gasteiger partial charge in [0, 0.05) is 19.3 Å². The van der Waals surface area contributed by atoms with Crippen LogP contribution in [-0.4, -0.2) is 41.7 Å². The van der Waals surface area contributed by atoms with Crippen LogP contribution in [0.25, 0.3) is 0 Å². The molecular formula is C18H21FN2O5S. The number of benzene rings is 2. The second-order valence-corrected chi connectivity index (χ2v) is 7.30. The molecule has 9 heteroatoms. The highest BCUT2D eigenvalue weighted by Crippen LogP contribution is 2.22. The third-order valence-electron chi connectivity index (χ3n) is 3.63. The van der Waals surface area contributed by atoms with Crippen LogP contribution in [0.2, 0.25) is 0 Å². The van der Waals surface area contributed by atoms with Crippen LogP contribution in [0.5, 0.6) is 5.75 Å². The molecule has 2 aromatic rings. The number of carbonyl (C=O) groups excluding carboxylic acids is 1. The number of hydrogen-bond donors (Lipinski definition) is 2. The van der Waals surface area contributed by atoms with Crippen LogP contribution >= 0.6 is 0 Å². The summed E-state index contributed by atoms with van der Waals surface area (Å²) in [7, 11) is -1.11. The molecule has 0 heterocycles. The minimum Gasteiger partial charge on any atom is -0.494 e. The van der Waals surface area contributed by atoms with E-state index in [-0.39, 0.29) is 23.0 Å². The number of amides is 1. The van der Waals surface area contributed by atoms with Crippen molar-refractivity contribution in [1.82, 2.24) is 5.32 Å². The molecule has 0 saturated heterocycles. The Labute approximate surface area is 157 Å². The first-order chi connectivity index (χ1) is 12.9. The third kappa shape index (κ3) is 5.93. The number of carbonyl (C=O) groups is 1. The molecule has 27 heavy (non-hydrogen) atoms. The van der Waals surface area contributed by atoms with E-state index in [1.54, 1.807) is 19.2 Å². The lowest BCUT2D eigenvalue weighted by molar-refractivity contribution is -0.120. The van der Waals surface area contributed by atoms with Gasteiger partial charge in [0.2, 0.25) is 5.91 Å². The molecule has 0 aliphatic rings. The van der Waals surface area contributed by atoms with Crippen LogP contribution in [0.3, 0.4) is 0 Å². The van der Waals surface area contributed by atoms with Gasteiger partial charge in [-0.25, -0.2) is 12.8 Å². The first-order valence-electron chi connectivity index (χ1n) is 8.06. The van der Waals surface area contributed by atoms with Crippen molar-refractivity contribution in [2.24, 2.45) is 0 Å². The Bertz CT molecular complexity index is 885. The Balaban J connectivity index is 2.02. The van der Waals surface area contributed by atoms with Crippen LogP contribution < -0.4 is 14.8 Å². The fourth-order valence-electron chi connectivity index (χ4n) is 2.26. The molecule has 0 saturated carbocycles. The predicted octanol–water partition coefficient (Wildman–Crippen LogP) is 1.94. The highest BCUT2D eigenvalue weighted by atomic mass is 32.2. The highest BCUT2D eigenvalue weighted by Gasteiger charge is 2.17. The van der Waals surface area contributed by atoms with Gasteiger partial charge in [-0.2, -0.15) is 0 Å². The van der Waals surface area contributed by atoms with Crippen molar-refractivity contribution in [3.05, 3.63) is 53.8 Å². The Morgan fingerprint density at radius 2 is 1.81 bits per heavy atom. The normalized spacial score (nSPS) is 11.1. The van der Waals surface area contributed by atoms with E-state index in [1.807, 2.05) is 0 Å². The summed E-state index contributed by atoms with van der Waals surface area (Å²) < 4.78 is 50.5. The molecule has 0 fully saturated rings. The zero-order valence-corrected chi connectivity index (χ0v) is 15.8. The molecule has 1 amide bonds. The number of rotatable bonds is 9. The fourth-order valence-corrected chi connectivity index (χ4v) is 3.33. The molecule has 0 unspecified atom stereocenters. The van der Waals surface area contributed by atoms with Crippen LogP contribution in [0, 0.1) is 5.82 Å². The maximum absolute atomic E-state index is 13.7. The van der Waals surface area contributed by atoms with Gasteiger partial charge in [-0.1, -0.05) is 12.1 Å². The predicted molar refractivity (Wildman–Crippen MR) is 98.8 cm³/mol. The van der Waals surface area contributed by atoms with Gasteiger partial charge in [-0.15, -0.1) is 0 Å². The van der Waals surface area contributed by atoms with Gasteiger partial charge in [0.1, 0.15) is 0 Å². The molecule has 7 nitrogen and oxygen atoms in total. The van der Waals surface area contributed by atoms with Crippen molar-refractivity contribution >= 4 is 21.6 Å². The Hall–Kier alpha value is -2.65. The number of methoxy groups -OCH3 is 2. The van der Waals surface area contributed by atoms with Gasteiger partial charge < -0.3 is 14.8 Å². The summed E-state index contributed by atoms with van der Waals surface area (Å²) in [5, 5.41) is 2.70. The SMILES string of the molecule is COCCNC(=O)Cc1ccc(NS(=O)(=O)c2ccc(OC)c(F)c2)cc1. The quantitative estimate of drug-likeness (QED) is 0.632. The average Bonchev–Trinajstić information content (AvgIpc) is 2.63. The summed E-state index contributed by atoms with van der Waals surface area (Å²) >= 11 is 0. The van der Waals surface area contributed by atoms with E-state index >= 15 is 0 Å². The number of ether oxygens (including phenoxy) is 2. The van der Waals surface area contributed by atoms with Gasteiger partial charge in [0.25, 0.3) is 10.0 Å². The van der Waals surface area contributed by atoms with Crippen molar-refractivity contribution in [2.75, 3.05) is 32.1 Å². The van der Waals surface area contributed by atoms with Gasteiger partial charge >= 0.3 is 0 Å². The molecule has 0 aliphatic carbocycles. The van der Waals surface area contributed by atoms with E-state index in [0.29, 0.717) is 18.8 Å². The van der Waals surface area contributed by atoms with Crippen LogP contribution in [0.4, 0.5) is 10.1 Å². The highest BCUT2D eigenvalue weighted by molar-refractivity contribution is 7.92. The summed E-state index contributed by atoms with van der Waals surface area (Å²) in [5.41, 5.74) is 1.03. The standard InChI is InChI=1S/C18H21FN2O5S/c1-25-10-9-20-18(22)11-13-3-5-14(6-4-13)21-27(23,24)15-7-8-17(26-2)16(19)12-15/h3-8,12,21H,9-11H2,1-2H3,(H,20,22). The van der Waals surface area contributed by atoms with Crippen molar-refractivity contribution < 1.29 is 27.1 Å². The zero-order chi connectivity index (χ0) is 19.9. The minimum absolute atomic E-state index is 0.0397. The van der Waals surface area contributed by atoms with Gasteiger partial charge in [0.15, 0.2) is 11.6 Å². The van der Waals surface area contributed by atoms with Crippen LogP contribution in [-0.2, 0) is 26.0 Å². The van der Waals surface area contributed by atoms with E-state index in [1.165, 1.54) is 31.4 Å². The smallest absolute Gasteiger partial charge is 0.262 e. The van der Waals surface area contributed by atoms with Crippen molar-refractivity contribution in [2.45, 2.75) is 11.3 Å². The molecule has 146 valence electrons.